The molecule has 0 aromatic heterocycles. The Labute approximate surface area is 216 Å². The fraction of sp³-hybridized carbons (Fsp3) is 0.360. The third-order valence-electron chi connectivity index (χ3n) is 5.33. The summed E-state index contributed by atoms with van der Waals surface area (Å²) in [6, 6.07) is 13.7. The molecule has 37 heavy (non-hydrogen) atoms. The Kier molecular flexibility index (Phi) is 10.5. The number of aliphatic carboxylic acids is 1. The third kappa shape index (κ3) is 9.09. The lowest BCUT2D eigenvalue weighted by atomic mass is 9.95. The van der Waals surface area contributed by atoms with Gasteiger partial charge in [0.2, 0.25) is 5.91 Å². The predicted octanol–water partition coefficient (Wildman–Crippen LogP) is 4.60. The second-order valence-corrected chi connectivity index (χ2v) is 8.95. The topological polar surface area (TPSA) is 116 Å². The number of nitrogens with zero attached hydrogens (tertiary/aromatic N) is 1. The molecule has 0 radical (unpaired) electrons. The number of rotatable bonds is 5. The summed E-state index contributed by atoms with van der Waals surface area (Å²) in [7, 11) is 0. The zero-order valence-corrected chi connectivity index (χ0v) is 20.9. The van der Waals surface area contributed by atoms with Crippen LogP contribution in [0, 0.1) is 5.92 Å². The first kappa shape index (κ1) is 29.6. The van der Waals surface area contributed by atoms with E-state index in [1.54, 1.807) is 53.4 Å². The van der Waals surface area contributed by atoms with E-state index in [1.807, 2.05) is 13.8 Å². The highest BCUT2D eigenvalue weighted by atomic mass is 35.5. The van der Waals surface area contributed by atoms with Crippen LogP contribution in [-0.4, -0.2) is 59.0 Å². The smallest absolute Gasteiger partial charge is 0.475 e. The minimum atomic E-state index is -5.08. The van der Waals surface area contributed by atoms with Crippen molar-refractivity contribution >= 4 is 41.0 Å². The van der Waals surface area contributed by atoms with Crippen molar-refractivity contribution in [1.29, 1.82) is 0 Å². The summed E-state index contributed by atoms with van der Waals surface area (Å²) in [4.78, 5) is 47.9. The number of halogens is 4. The number of carbonyl (C=O) groups is 4. The van der Waals surface area contributed by atoms with Crippen LogP contribution >= 0.6 is 11.6 Å². The summed E-state index contributed by atoms with van der Waals surface area (Å²) in [5.41, 5.74) is 1.53. The third-order valence-corrected chi connectivity index (χ3v) is 5.66. The van der Waals surface area contributed by atoms with Crippen LogP contribution in [0.3, 0.4) is 0 Å². The molecule has 0 spiro atoms. The second kappa shape index (κ2) is 13.1. The summed E-state index contributed by atoms with van der Waals surface area (Å²) >= 11 is 6.06. The van der Waals surface area contributed by atoms with Gasteiger partial charge in [-0.2, -0.15) is 13.2 Å². The predicted molar refractivity (Wildman–Crippen MR) is 131 cm³/mol. The van der Waals surface area contributed by atoms with Gasteiger partial charge in [0.15, 0.2) is 0 Å². The van der Waals surface area contributed by atoms with E-state index in [4.69, 9.17) is 21.5 Å². The number of hydrogen-bond acceptors (Lipinski definition) is 4. The molecule has 8 nitrogen and oxygen atoms in total. The minimum Gasteiger partial charge on any atom is -0.475 e. The molecule has 3 rings (SSSR count). The van der Waals surface area contributed by atoms with Gasteiger partial charge in [-0.15, -0.1) is 0 Å². The Morgan fingerprint density at radius 1 is 1.00 bits per heavy atom. The van der Waals surface area contributed by atoms with Gasteiger partial charge in [0.1, 0.15) is 0 Å². The van der Waals surface area contributed by atoms with Crippen molar-refractivity contribution < 1.29 is 37.5 Å². The number of alkyl halides is 3. The van der Waals surface area contributed by atoms with Gasteiger partial charge in [-0.05, 0) is 63.1 Å². The molecule has 0 bridgehead atoms. The molecule has 12 heteroatoms. The van der Waals surface area contributed by atoms with Crippen molar-refractivity contribution in [3.05, 3.63) is 64.7 Å². The van der Waals surface area contributed by atoms with Crippen molar-refractivity contribution in [3.63, 3.8) is 0 Å². The van der Waals surface area contributed by atoms with E-state index in [-0.39, 0.29) is 29.7 Å². The first-order valence-corrected chi connectivity index (χ1v) is 11.7. The number of nitrogens with one attached hydrogen (secondary N) is 2. The molecule has 1 aliphatic rings. The Morgan fingerprint density at radius 3 is 2.03 bits per heavy atom. The van der Waals surface area contributed by atoms with Crippen molar-refractivity contribution in [2.45, 2.75) is 38.9 Å². The summed E-state index contributed by atoms with van der Waals surface area (Å²) < 4.78 is 31.7. The van der Waals surface area contributed by atoms with Crippen LogP contribution in [0.5, 0.6) is 0 Å². The summed E-state index contributed by atoms with van der Waals surface area (Å²) in [5, 5.41) is 13.2. The van der Waals surface area contributed by atoms with Crippen LogP contribution in [0.15, 0.2) is 48.5 Å². The number of carboxylic acid groups (broad SMARTS) is 1. The van der Waals surface area contributed by atoms with Crippen LogP contribution in [0.2, 0.25) is 5.02 Å². The van der Waals surface area contributed by atoms with Gasteiger partial charge in [-0.3, -0.25) is 14.4 Å². The Hall–Kier alpha value is -3.60. The fourth-order valence-corrected chi connectivity index (χ4v) is 3.69. The largest absolute Gasteiger partial charge is 0.490 e. The quantitative estimate of drug-likeness (QED) is 0.511. The average molecular weight is 542 g/mol. The molecule has 200 valence electrons. The first-order valence-electron chi connectivity index (χ1n) is 11.3. The standard InChI is InChI=1S/C23H26ClN3O3.C2HF3O2/c1-15(2)25-21(28)16-11-13-27(14-12-16)23(30)17-7-9-18(10-8-17)26-22(29)19-5-3-4-6-20(19)24;3-2(4,5)1(6)7/h3-10,15-16H,11-14H2,1-2H3,(H,25,28)(H,26,29);(H,6,7). The lowest BCUT2D eigenvalue weighted by molar-refractivity contribution is -0.192. The number of anilines is 1. The first-order chi connectivity index (χ1) is 17.3. The van der Waals surface area contributed by atoms with E-state index in [1.165, 1.54) is 0 Å². The summed E-state index contributed by atoms with van der Waals surface area (Å²) in [5.74, 6) is -3.11. The molecule has 1 aliphatic heterocycles. The van der Waals surface area contributed by atoms with Crippen LogP contribution in [0.1, 0.15) is 47.4 Å². The highest BCUT2D eigenvalue weighted by Gasteiger charge is 2.38. The Bertz CT molecular complexity index is 1120. The maximum atomic E-state index is 12.8. The van der Waals surface area contributed by atoms with Crippen molar-refractivity contribution in [1.82, 2.24) is 10.2 Å². The summed E-state index contributed by atoms with van der Waals surface area (Å²) in [6.07, 6.45) is -3.76. The zero-order valence-electron chi connectivity index (χ0n) is 20.1. The fourth-order valence-electron chi connectivity index (χ4n) is 3.47. The van der Waals surface area contributed by atoms with Gasteiger partial charge in [-0.1, -0.05) is 23.7 Å². The number of carboxylic acids is 1. The van der Waals surface area contributed by atoms with E-state index in [0.717, 1.165) is 0 Å². The molecule has 1 saturated heterocycles. The number of piperidine rings is 1. The van der Waals surface area contributed by atoms with Crippen LogP contribution in [-0.2, 0) is 9.59 Å². The molecule has 0 saturated carbocycles. The zero-order chi connectivity index (χ0) is 27.8. The van der Waals surface area contributed by atoms with E-state index < -0.39 is 12.1 Å². The molecule has 1 fully saturated rings. The van der Waals surface area contributed by atoms with E-state index >= 15 is 0 Å². The van der Waals surface area contributed by atoms with Gasteiger partial charge in [0.05, 0.1) is 10.6 Å². The van der Waals surface area contributed by atoms with E-state index in [0.29, 0.717) is 47.8 Å². The van der Waals surface area contributed by atoms with Gasteiger partial charge in [-0.25, -0.2) is 4.79 Å². The molecule has 0 atom stereocenters. The molecule has 0 unspecified atom stereocenters. The molecule has 0 aliphatic carbocycles. The monoisotopic (exact) mass is 541 g/mol. The number of carbonyl (C=O) groups excluding carboxylic acids is 3. The van der Waals surface area contributed by atoms with Gasteiger partial charge in [0.25, 0.3) is 11.8 Å². The van der Waals surface area contributed by atoms with Crippen molar-refractivity contribution in [3.8, 4) is 0 Å². The molecule has 3 amide bonds. The van der Waals surface area contributed by atoms with E-state index in [9.17, 15) is 27.6 Å². The highest BCUT2D eigenvalue weighted by molar-refractivity contribution is 6.34. The molecular formula is C25H27ClF3N3O5. The van der Waals surface area contributed by atoms with Gasteiger partial charge < -0.3 is 20.6 Å². The van der Waals surface area contributed by atoms with Crippen molar-refractivity contribution in [2.75, 3.05) is 18.4 Å². The molecule has 2 aromatic carbocycles. The van der Waals surface area contributed by atoms with Crippen LogP contribution in [0.4, 0.5) is 18.9 Å². The van der Waals surface area contributed by atoms with Gasteiger partial charge in [0, 0.05) is 36.3 Å². The number of hydrogen-bond donors (Lipinski definition) is 3. The van der Waals surface area contributed by atoms with Crippen LogP contribution in [0.25, 0.3) is 0 Å². The SMILES string of the molecule is CC(C)NC(=O)C1CCN(C(=O)c2ccc(NC(=O)c3ccccc3Cl)cc2)CC1.O=C(O)C(F)(F)F. The summed E-state index contributed by atoms with van der Waals surface area (Å²) in [6.45, 7) is 4.99. The second-order valence-electron chi connectivity index (χ2n) is 8.54. The maximum absolute atomic E-state index is 12.8. The lowest BCUT2D eigenvalue weighted by Gasteiger charge is -2.31. The van der Waals surface area contributed by atoms with Gasteiger partial charge >= 0.3 is 12.1 Å². The van der Waals surface area contributed by atoms with E-state index in [2.05, 4.69) is 10.6 Å². The highest BCUT2D eigenvalue weighted by Crippen LogP contribution is 2.21. The normalized spacial score (nSPS) is 13.9. The minimum absolute atomic E-state index is 0.0427. The van der Waals surface area contributed by atoms with Crippen LogP contribution < -0.4 is 10.6 Å². The molecule has 1 heterocycles. The lowest BCUT2D eigenvalue weighted by Crippen LogP contribution is -2.44. The molecule has 2 aromatic rings. The number of benzene rings is 2. The Morgan fingerprint density at radius 2 is 1.54 bits per heavy atom. The number of amides is 3. The maximum Gasteiger partial charge on any atom is 0.490 e. The average Bonchev–Trinajstić information content (AvgIpc) is 2.84. The Balaban J connectivity index is 0.000000604. The molecular weight excluding hydrogens is 515 g/mol. The number of likely N-dealkylation sites (tertiary alicyclic amines) is 1. The van der Waals surface area contributed by atoms with Crippen molar-refractivity contribution in [2.24, 2.45) is 5.92 Å². The molecule has 3 N–H and O–H groups in total.